The maximum atomic E-state index is 9.76. The Hall–Kier alpha value is -2.04. The molecule has 1 fully saturated rings. The van der Waals surface area contributed by atoms with Crippen LogP contribution in [0.4, 0.5) is 5.69 Å². The molecule has 5 nitrogen and oxygen atoms in total. The standard InChI is InChI=1S/C11H11N3O2/c12-8-3-1-2-7(9(8)15)11-13-10(14-16-11)6-4-5-6/h1-3,6,15H,4-5,12H2. The van der Waals surface area contributed by atoms with E-state index in [1.54, 1.807) is 18.2 Å². The highest BCUT2D eigenvalue weighted by Gasteiger charge is 2.29. The molecule has 0 atom stereocenters. The van der Waals surface area contributed by atoms with Crippen LogP contribution in [0.5, 0.6) is 5.75 Å². The molecule has 3 rings (SSSR count). The zero-order valence-corrected chi connectivity index (χ0v) is 8.55. The van der Waals surface area contributed by atoms with Gasteiger partial charge in [0.25, 0.3) is 5.89 Å². The summed E-state index contributed by atoms with van der Waals surface area (Å²) in [6.07, 6.45) is 2.23. The normalized spacial score (nSPS) is 15.2. The predicted molar refractivity (Wildman–Crippen MR) is 57.8 cm³/mol. The van der Waals surface area contributed by atoms with Crippen molar-refractivity contribution in [3.63, 3.8) is 0 Å². The topological polar surface area (TPSA) is 85.2 Å². The Balaban J connectivity index is 2.03. The molecule has 16 heavy (non-hydrogen) atoms. The third-order valence-electron chi connectivity index (χ3n) is 2.68. The van der Waals surface area contributed by atoms with E-state index in [2.05, 4.69) is 10.1 Å². The van der Waals surface area contributed by atoms with Crippen LogP contribution in [-0.2, 0) is 0 Å². The molecular weight excluding hydrogens is 206 g/mol. The number of nitrogen functional groups attached to an aromatic ring is 1. The van der Waals surface area contributed by atoms with Crippen molar-refractivity contribution in [1.29, 1.82) is 0 Å². The summed E-state index contributed by atoms with van der Waals surface area (Å²) in [5.41, 5.74) is 6.39. The fourth-order valence-corrected chi connectivity index (χ4v) is 1.59. The summed E-state index contributed by atoms with van der Waals surface area (Å²) >= 11 is 0. The van der Waals surface area contributed by atoms with Crippen molar-refractivity contribution in [2.75, 3.05) is 5.73 Å². The predicted octanol–water partition coefficient (Wildman–Crippen LogP) is 1.90. The van der Waals surface area contributed by atoms with Crippen LogP contribution in [0.2, 0.25) is 0 Å². The molecule has 1 aliphatic carbocycles. The average molecular weight is 217 g/mol. The molecule has 0 aliphatic heterocycles. The number of anilines is 1. The Bertz CT molecular complexity index is 532. The van der Waals surface area contributed by atoms with E-state index in [1.165, 1.54) is 0 Å². The van der Waals surface area contributed by atoms with Gasteiger partial charge in [0.15, 0.2) is 11.6 Å². The molecule has 1 aromatic carbocycles. The number of hydrogen-bond donors (Lipinski definition) is 2. The van der Waals surface area contributed by atoms with Crippen molar-refractivity contribution in [3.05, 3.63) is 24.0 Å². The number of nitrogens with two attached hydrogens (primary N) is 1. The van der Waals surface area contributed by atoms with Crippen LogP contribution in [0.15, 0.2) is 22.7 Å². The first-order chi connectivity index (χ1) is 7.75. The third-order valence-corrected chi connectivity index (χ3v) is 2.68. The van der Waals surface area contributed by atoms with E-state index < -0.39 is 0 Å². The zero-order valence-electron chi connectivity index (χ0n) is 8.55. The highest BCUT2D eigenvalue weighted by molar-refractivity contribution is 5.71. The molecule has 1 saturated carbocycles. The molecule has 1 aromatic heterocycles. The first-order valence-electron chi connectivity index (χ1n) is 5.17. The smallest absolute Gasteiger partial charge is 0.261 e. The van der Waals surface area contributed by atoms with Crippen LogP contribution in [0.25, 0.3) is 11.5 Å². The van der Waals surface area contributed by atoms with Crippen LogP contribution in [0.1, 0.15) is 24.6 Å². The van der Waals surface area contributed by atoms with E-state index in [0.717, 1.165) is 18.7 Å². The van der Waals surface area contributed by atoms with E-state index >= 15 is 0 Å². The van der Waals surface area contributed by atoms with Crippen LogP contribution in [0.3, 0.4) is 0 Å². The number of benzene rings is 1. The molecule has 0 unspecified atom stereocenters. The Morgan fingerprint density at radius 1 is 1.38 bits per heavy atom. The summed E-state index contributed by atoms with van der Waals surface area (Å²) in [5, 5.41) is 13.6. The van der Waals surface area contributed by atoms with Gasteiger partial charge in [-0.3, -0.25) is 0 Å². The molecule has 0 radical (unpaired) electrons. The number of phenols is 1. The SMILES string of the molecule is Nc1cccc(-c2nc(C3CC3)no2)c1O. The van der Waals surface area contributed by atoms with Gasteiger partial charge in [0.05, 0.1) is 11.3 Å². The molecular formula is C11H11N3O2. The fraction of sp³-hybridized carbons (Fsp3) is 0.273. The highest BCUT2D eigenvalue weighted by Crippen LogP contribution is 2.40. The quantitative estimate of drug-likeness (QED) is 0.592. The minimum absolute atomic E-state index is 0.00602. The Labute approximate surface area is 91.9 Å². The minimum atomic E-state index is -0.00602. The van der Waals surface area contributed by atoms with Gasteiger partial charge >= 0.3 is 0 Å². The van der Waals surface area contributed by atoms with Crippen molar-refractivity contribution in [3.8, 4) is 17.2 Å². The van der Waals surface area contributed by atoms with Gasteiger partial charge in [-0.05, 0) is 25.0 Å². The number of para-hydroxylation sites is 1. The van der Waals surface area contributed by atoms with Crippen molar-refractivity contribution < 1.29 is 9.63 Å². The fourth-order valence-electron chi connectivity index (χ4n) is 1.59. The Morgan fingerprint density at radius 2 is 2.19 bits per heavy atom. The van der Waals surface area contributed by atoms with Crippen molar-refractivity contribution >= 4 is 5.69 Å². The number of aromatic hydroxyl groups is 1. The van der Waals surface area contributed by atoms with Crippen molar-refractivity contribution in [2.24, 2.45) is 0 Å². The molecule has 0 bridgehead atoms. The van der Waals surface area contributed by atoms with Crippen LogP contribution < -0.4 is 5.73 Å². The van der Waals surface area contributed by atoms with Gasteiger partial charge in [0.1, 0.15) is 0 Å². The van der Waals surface area contributed by atoms with Gasteiger partial charge in [-0.2, -0.15) is 4.98 Å². The lowest BCUT2D eigenvalue weighted by Crippen LogP contribution is -1.88. The monoisotopic (exact) mass is 217 g/mol. The largest absolute Gasteiger partial charge is 0.505 e. The van der Waals surface area contributed by atoms with Crippen LogP contribution in [-0.4, -0.2) is 15.2 Å². The van der Waals surface area contributed by atoms with Crippen LogP contribution in [0, 0.1) is 0 Å². The van der Waals surface area contributed by atoms with Crippen molar-refractivity contribution in [2.45, 2.75) is 18.8 Å². The van der Waals surface area contributed by atoms with E-state index in [1.807, 2.05) is 0 Å². The second kappa shape index (κ2) is 3.23. The molecule has 0 spiro atoms. The summed E-state index contributed by atoms with van der Waals surface area (Å²) in [6.45, 7) is 0. The minimum Gasteiger partial charge on any atom is -0.505 e. The molecule has 0 amide bonds. The van der Waals surface area contributed by atoms with E-state index in [9.17, 15) is 5.11 Å². The van der Waals surface area contributed by atoms with E-state index in [-0.39, 0.29) is 5.75 Å². The lowest BCUT2D eigenvalue weighted by Gasteiger charge is -2.01. The zero-order chi connectivity index (χ0) is 11.1. The number of phenolic OH excluding ortho intramolecular Hbond substituents is 1. The van der Waals surface area contributed by atoms with Gasteiger partial charge < -0.3 is 15.4 Å². The molecule has 0 saturated heterocycles. The number of rotatable bonds is 2. The third kappa shape index (κ3) is 1.41. The van der Waals surface area contributed by atoms with Gasteiger partial charge in [0.2, 0.25) is 0 Å². The molecule has 2 aromatic rings. The van der Waals surface area contributed by atoms with Gasteiger partial charge in [0, 0.05) is 5.92 Å². The summed E-state index contributed by atoms with van der Waals surface area (Å²) < 4.78 is 5.11. The van der Waals surface area contributed by atoms with Gasteiger partial charge in [-0.15, -0.1) is 0 Å². The molecule has 5 heteroatoms. The average Bonchev–Trinajstić information content (AvgIpc) is 3.02. The second-order valence-corrected chi connectivity index (χ2v) is 3.98. The van der Waals surface area contributed by atoms with Gasteiger partial charge in [-0.1, -0.05) is 11.2 Å². The Kier molecular flexibility index (Phi) is 1.86. The molecule has 3 N–H and O–H groups in total. The number of hydrogen-bond acceptors (Lipinski definition) is 5. The van der Waals surface area contributed by atoms with E-state index in [4.69, 9.17) is 10.3 Å². The number of nitrogens with zero attached hydrogens (tertiary/aromatic N) is 2. The summed E-state index contributed by atoms with van der Waals surface area (Å²) in [6, 6.07) is 5.07. The maximum Gasteiger partial charge on any atom is 0.261 e. The summed E-state index contributed by atoms with van der Waals surface area (Å²) in [5.74, 6) is 1.47. The maximum absolute atomic E-state index is 9.76. The highest BCUT2D eigenvalue weighted by atomic mass is 16.5. The lowest BCUT2D eigenvalue weighted by atomic mass is 10.2. The van der Waals surface area contributed by atoms with Gasteiger partial charge in [-0.25, -0.2) is 0 Å². The summed E-state index contributed by atoms with van der Waals surface area (Å²) in [4.78, 5) is 4.25. The number of aromatic nitrogens is 2. The summed E-state index contributed by atoms with van der Waals surface area (Å²) in [7, 11) is 0. The Morgan fingerprint density at radius 3 is 2.94 bits per heavy atom. The van der Waals surface area contributed by atoms with Crippen LogP contribution >= 0.6 is 0 Å². The lowest BCUT2D eigenvalue weighted by molar-refractivity contribution is 0.418. The first-order valence-corrected chi connectivity index (χ1v) is 5.17. The molecule has 1 heterocycles. The van der Waals surface area contributed by atoms with Crippen molar-refractivity contribution in [1.82, 2.24) is 10.1 Å². The molecule has 1 aliphatic rings. The molecule has 82 valence electrons. The second-order valence-electron chi connectivity index (χ2n) is 3.98. The first kappa shape index (κ1) is 9.21. The van der Waals surface area contributed by atoms with E-state index in [0.29, 0.717) is 23.1 Å².